The SMILES string of the molecule is C#CCC(C)NC(=O)c1cccc(Cl)n1. The first-order chi connectivity index (χ1) is 7.13. The first-order valence-electron chi connectivity index (χ1n) is 4.50. The molecule has 1 rings (SSSR count). The quantitative estimate of drug-likeness (QED) is 0.627. The Bertz CT molecular complexity index is 398. The normalized spacial score (nSPS) is 11.5. The number of terminal acetylenes is 1. The number of halogens is 1. The van der Waals surface area contributed by atoms with Gasteiger partial charge in [-0.15, -0.1) is 12.3 Å². The number of nitrogens with one attached hydrogen (secondary N) is 1. The number of hydrogen-bond acceptors (Lipinski definition) is 2. The molecule has 0 saturated carbocycles. The molecule has 0 saturated heterocycles. The second kappa shape index (κ2) is 5.38. The Morgan fingerprint density at radius 3 is 3.07 bits per heavy atom. The number of amides is 1. The third kappa shape index (κ3) is 3.61. The van der Waals surface area contributed by atoms with Gasteiger partial charge in [0.05, 0.1) is 0 Å². The molecule has 1 aromatic heterocycles. The smallest absolute Gasteiger partial charge is 0.270 e. The molecule has 1 unspecified atom stereocenters. The summed E-state index contributed by atoms with van der Waals surface area (Å²) < 4.78 is 0. The molecule has 0 aromatic carbocycles. The van der Waals surface area contributed by atoms with Gasteiger partial charge in [-0.1, -0.05) is 17.7 Å². The van der Waals surface area contributed by atoms with Crippen molar-refractivity contribution in [1.29, 1.82) is 0 Å². The molecular weight excluding hydrogens is 212 g/mol. The Balaban J connectivity index is 2.66. The van der Waals surface area contributed by atoms with Gasteiger partial charge in [0, 0.05) is 12.5 Å². The molecule has 15 heavy (non-hydrogen) atoms. The summed E-state index contributed by atoms with van der Waals surface area (Å²) in [6, 6.07) is 4.83. The van der Waals surface area contributed by atoms with Gasteiger partial charge < -0.3 is 5.32 Å². The number of carbonyl (C=O) groups is 1. The third-order valence-electron chi connectivity index (χ3n) is 1.75. The van der Waals surface area contributed by atoms with Crippen LogP contribution in [-0.4, -0.2) is 16.9 Å². The molecule has 78 valence electrons. The number of pyridine rings is 1. The molecule has 0 aliphatic heterocycles. The van der Waals surface area contributed by atoms with Gasteiger partial charge in [-0.2, -0.15) is 0 Å². The van der Waals surface area contributed by atoms with Gasteiger partial charge in [0.25, 0.3) is 5.91 Å². The standard InChI is InChI=1S/C11H11ClN2O/c1-3-5-8(2)13-11(15)9-6-4-7-10(12)14-9/h1,4,6-8H,5H2,2H3,(H,13,15). The van der Waals surface area contributed by atoms with Crippen LogP contribution in [0, 0.1) is 12.3 Å². The Morgan fingerprint density at radius 1 is 1.73 bits per heavy atom. The maximum absolute atomic E-state index is 11.6. The largest absolute Gasteiger partial charge is 0.347 e. The monoisotopic (exact) mass is 222 g/mol. The lowest BCUT2D eigenvalue weighted by Crippen LogP contribution is -2.32. The molecule has 4 heteroatoms. The highest BCUT2D eigenvalue weighted by atomic mass is 35.5. The molecular formula is C11H11ClN2O. The van der Waals surface area contributed by atoms with Gasteiger partial charge in [-0.05, 0) is 19.1 Å². The fourth-order valence-corrected chi connectivity index (χ4v) is 1.22. The molecule has 1 aromatic rings. The number of carbonyl (C=O) groups excluding carboxylic acids is 1. The van der Waals surface area contributed by atoms with E-state index < -0.39 is 0 Å². The van der Waals surface area contributed by atoms with E-state index in [0.717, 1.165) is 0 Å². The highest BCUT2D eigenvalue weighted by Crippen LogP contribution is 2.05. The van der Waals surface area contributed by atoms with Crippen molar-refractivity contribution in [3.05, 3.63) is 29.0 Å². The van der Waals surface area contributed by atoms with Crippen molar-refractivity contribution in [2.75, 3.05) is 0 Å². The van der Waals surface area contributed by atoms with Crippen LogP contribution in [0.2, 0.25) is 5.15 Å². The zero-order chi connectivity index (χ0) is 11.3. The summed E-state index contributed by atoms with van der Waals surface area (Å²) in [4.78, 5) is 15.5. The van der Waals surface area contributed by atoms with Crippen LogP contribution in [-0.2, 0) is 0 Å². The Morgan fingerprint density at radius 2 is 2.47 bits per heavy atom. The zero-order valence-corrected chi connectivity index (χ0v) is 9.08. The van der Waals surface area contributed by atoms with E-state index in [-0.39, 0.29) is 11.9 Å². The predicted octanol–water partition coefficient (Wildman–Crippen LogP) is 1.88. The Kier molecular flexibility index (Phi) is 4.14. The number of hydrogen-bond donors (Lipinski definition) is 1. The van der Waals surface area contributed by atoms with E-state index in [4.69, 9.17) is 18.0 Å². The van der Waals surface area contributed by atoms with Crippen LogP contribution in [0.1, 0.15) is 23.8 Å². The van der Waals surface area contributed by atoms with E-state index in [0.29, 0.717) is 17.3 Å². The van der Waals surface area contributed by atoms with Crippen molar-refractivity contribution >= 4 is 17.5 Å². The third-order valence-corrected chi connectivity index (χ3v) is 1.96. The van der Waals surface area contributed by atoms with Crippen LogP contribution in [0.15, 0.2) is 18.2 Å². The first kappa shape index (κ1) is 11.5. The molecule has 0 fully saturated rings. The summed E-state index contributed by atoms with van der Waals surface area (Å²) in [7, 11) is 0. The second-order valence-electron chi connectivity index (χ2n) is 3.13. The van der Waals surface area contributed by atoms with E-state index in [1.165, 1.54) is 0 Å². The minimum Gasteiger partial charge on any atom is -0.347 e. The summed E-state index contributed by atoms with van der Waals surface area (Å²) in [5.74, 6) is 2.21. The van der Waals surface area contributed by atoms with Gasteiger partial charge >= 0.3 is 0 Å². The predicted molar refractivity (Wildman–Crippen MR) is 59.6 cm³/mol. The molecule has 1 heterocycles. The van der Waals surface area contributed by atoms with E-state index in [1.807, 2.05) is 6.92 Å². The highest BCUT2D eigenvalue weighted by Gasteiger charge is 2.10. The summed E-state index contributed by atoms with van der Waals surface area (Å²) in [6.45, 7) is 1.84. The molecule has 0 bridgehead atoms. The summed E-state index contributed by atoms with van der Waals surface area (Å²) in [6.07, 6.45) is 5.62. The first-order valence-corrected chi connectivity index (χ1v) is 4.88. The van der Waals surface area contributed by atoms with Crippen molar-refractivity contribution in [2.45, 2.75) is 19.4 Å². The Hall–Kier alpha value is -1.53. The lowest BCUT2D eigenvalue weighted by atomic mass is 10.2. The summed E-state index contributed by atoms with van der Waals surface area (Å²) in [5, 5.41) is 3.02. The minimum atomic E-state index is -0.264. The van der Waals surface area contributed by atoms with Crippen LogP contribution in [0.4, 0.5) is 0 Å². The Labute approximate surface area is 93.9 Å². The molecule has 0 aliphatic rings. The number of aromatic nitrogens is 1. The molecule has 3 nitrogen and oxygen atoms in total. The molecule has 1 atom stereocenters. The zero-order valence-electron chi connectivity index (χ0n) is 8.33. The van der Waals surface area contributed by atoms with Crippen LogP contribution in [0.3, 0.4) is 0 Å². The van der Waals surface area contributed by atoms with Crippen molar-refractivity contribution in [1.82, 2.24) is 10.3 Å². The minimum absolute atomic E-state index is 0.0664. The topological polar surface area (TPSA) is 42.0 Å². The lowest BCUT2D eigenvalue weighted by Gasteiger charge is -2.10. The average Bonchev–Trinajstić information content (AvgIpc) is 2.18. The molecule has 0 radical (unpaired) electrons. The number of rotatable bonds is 3. The summed E-state index contributed by atoms with van der Waals surface area (Å²) in [5.41, 5.74) is 0.298. The van der Waals surface area contributed by atoms with Gasteiger partial charge in [-0.25, -0.2) is 4.98 Å². The molecule has 1 N–H and O–H groups in total. The second-order valence-corrected chi connectivity index (χ2v) is 3.52. The van der Waals surface area contributed by atoms with Crippen LogP contribution in [0.25, 0.3) is 0 Å². The van der Waals surface area contributed by atoms with Crippen LogP contribution >= 0.6 is 11.6 Å². The lowest BCUT2D eigenvalue weighted by molar-refractivity contribution is 0.0936. The summed E-state index contributed by atoms with van der Waals surface area (Å²) >= 11 is 5.66. The van der Waals surface area contributed by atoms with Gasteiger partial charge in [0.15, 0.2) is 0 Å². The van der Waals surface area contributed by atoms with Crippen molar-refractivity contribution < 1.29 is 4.79 Å². The average molecular weight is 223 g/mol. The fraction of sp³-hybridized carbons (Fsp3) is 0.273. The number of nitrogens with zero attached hydrogens (tertiary/aromatic N) is 1. The van der Waals surface area contributed by atoms with E-state index in [1.54, 1.807) is 18.2 Å². The molecule has 0 spiro atoms. The maximum atomic E-state index is 11.6. The molecule has 0 aliphatic carbocycles. The van der Waals surface area contributed by atoms with Crippen molar-refractivity contribution in [3.8, 4) is 12.3 Å². The van der Waals surface area contributed by atoms with Crippen molar-refractivity contribution in [2.24, 2.45) is 0 Å². The highest BCUT2D eigenvalue weighted by molar-refractivity contribution is 6.29. The van der Waals surface area contributed by atoms with E-state index >= 15 is 0 Å². The van der Waals surface area contributed by atoms with E-state index in [9.17, 15) is 4.79 Å². The van der Waals surface area contributed by atoms with Gasteiger partial charge in [0.1, 0.15) is 10.8 Å². The van der Waals surface area contributed by atoms with Crippen LogP contribution < -0.4 is 5.32 Å². The van der Waals surface area contributed by atoms with Gasteiger partial charge in [0.2, 0.25) is 0 Å². The van der Waals surface area contributed by atoms with Crippen LogP contribution in [0.5, 0.6) is 0 Å². The van der Waals surface area contributed by atoms with Crippen molar-refractivity contribution in [3.63, 3.8) is 0 Å². The van der Waals surface area contributed by atoms with Gasteiger partial charge in [-0.3, -0.25) is 4.79 Å². The maximum Gasteiger partial charge on any atom is 0.270 e. The fourth-order valence-electron chi connectivity index (χ4n) is 1.06. The van der Waals surface area contributed by atoms with E-state index in [2.05, 4.69) is 16.2 Å². The molecule has 1 amide bonds.